The molecule has 0 fully saturated rings. The second-order valence-corrected chi connectivity index (χ2v) is 4.09. The molecule has 0 saturated heterocycles. The summed E-state index contributed by atoms with van der Waals surface area (Å²) in [5.41, 5.74) is -0.345. The Bertz CT molecular complexity index is 650. The number of aliphatic hydroxyl groups is 1. The van der Waals surface area contributed by atoms with Crippen LogP contribution >= 0.6 is 0 Å². The van der Waals surface area contributed by atoms with E-state index in [0.29, 0.717) is 24.3 Å². The monoisotopic (exact) mass is 238 g/mol. The maximum Gasteiger partial charge on any atom is 0.329 e. The lowest BCUT2D eigenvalue weighted by Crippen LogP contribution is -2.28. The van der Waals surface area contributed by atoms with Crippen molar-refractivity contribution in [2.24, 2.45) is 7.05 Å². The second-order valence-electron chi connectivity index (χ2n) is 4.09. The third kappa shape index (κ3) is 2.14. The van der Waals surface area contributed by atoms with E-state index in [1.807, 2.05) is 0 Å². The lowest BCUT2D eigenvalue weighted by molar-refractivity contribution is 0.184. The Kier molecular flexibility index (Phi) is 2.84. The normalized spacial score (nSPS) is 13.1. The van der Waals surface area contributed by atoms with Crippen molar-refractivity contribution in [3.63, 3.8) is 0 Å². The van der Waals surface area contributed by atoms with E-state index in [1.54, 1.807) is 14.0 Å². The number of nitrogens with one attached hydrogen (secondary N) is 2. The first kappa shape index (κ1) is 11.6. The minimum atomic E-state index is -0.490. The molecule has 0 spiro atoms. The van der Waals surface area contributed by atoms with Crippen molar-refractivity contribution < 1.29 is 5.11 Å². The summed E-state index contributed by atoms with van der Waals surface area (Å²) in [4.78, 5) is 32.1. The van der Waals surface area contributed by atoms with Crippen molar-refractivity contribution in [1.82, 2.24) is 19.5 Å². The number of aryl methyl sites for hydroxylation is 2. The molecule has 0 aliphatic rings. The Labute approximate surface area is 96.1 Å². The molecule has 2 aromatic heterocycles. The van der Waals surface area contributed by atoms with Gasteiger partial charge in [0, 0.05) is 13.5 Å². The molecular weight excluding hydrogens is 224 g/mol. The summed E-state index contributed by atoms with van der Waals surface area (Å²) >= 11 is 0. The van der Waals surface area contributed by atoms with Crippen LogP contribution in [0, 0.1) is 0 Å². The van der Waals surface area contributed by atoms with Gasteiger partial charge in [-0.2, -0.15) is 0 Å². The first-order chi connectivity index (χ1) is 7.99. The number of aromatic amines is 2. The molecule has 7 nitrogen and oxygen atoms in total. The average Bonchev–Trinajstić information content (AvgIpc) is 2.68. The number of nitrogens with zero attached hydrogens (tertiary/aromatic N) is 2. The number of fused-ring (bicyclic) bond motifs is 1. The molecule has 2 aromatic rings. The molecule has 0 saturated carbocycles. The summed E-state index contributed by atoms with van der Waals surface area (Å²) in [5, 5.41) is 9.18. The van der Waals surface area contributed by atoms with E-state index in [4.69, 9.17) is 0 Å². The van der Waals surface area contributed by atoms with E-state index < -0.39 is 17.4 Å². The van der Waals surface area contributed by atoms with Gasteiger partial charge in [0.25, 0.3) is 5.56 Å². The summed E-state index contributed by atoms with van der Waals surface area (Å²) in [6.45, 7) is 1.69. The van der Waals surface area contributed by atoms with Crippen molar-refractivity contribution in [3.8, 4) is 0 Å². The van der Waals surface area contributed by atoms with Gasteiger partial charge in [-0.1, -0.05) is 0 Å². The van der Waals surface area contributed by atoms with Crippen molar-refractivity contribution in [3.05, 3.63) is 26.7 Å². The van der Waals surface area contributed by atoms with Gasteiger partial charge >= 0.3 is 5.69 Å². The average molecular weight is 238 g/mol. The van der Waals surface area contributed by atoms with Crippen molar-refractivity contribution in [2.45, 2.75) is 25.9 Å². The molecule has 0 amide bonds. The Hall–Kier alpha value is -1.89. The summed E-state index contributed by atoms with van der Waals surface area (Å²) < 4.78 is 1.28. The summed E-state index contributed by atoms with van der Waals surface area (Å²) in [6, 6.07) is 0. The molecule has 2 heterocycles. The minimum Gasteiger partial charge on any atom is -0.393 e. The van der Waals surface area contributed by atoms with Gasteiger partial charge in [0.1, 0.15) is 11.3 Å². The lowest BCUT2D eigenvalue weighted by Gasteiger charge is -1.99. The van der Waals surface area contributed by atoms with Crippen LogP contribution in [0.4, 0.5) is 0 Å². The fourth-order valence-electron chi connectivity index (χ4n) is 1.62. The van der Waals surface area contributed by atoms with Crippen LogP contribution in [0.25, 0.3) is 11.2 Å². The van der Waals surface area contributed by atoms with Crippen molar-refractivity contribution in [1.29, 1.82) is 0 Å². The Morgan fingerprint density at radius 3 is 2.76 bits per heavy atom. The number of rotatable bonds is 3. The Morgan fingerprint density at radius 1 is 1.41 bits per heavy atom. The van der Waals surface area contributed by atoms with Gasteiger partial charge in [-0.25, -0.2) is 9.78 Å². The highest BCUT2D eigenvalue weighted by Gasteiger charge is 2.10. The van der Waals surface area contributed by atoms with Gasteiger partial charge < -0.3 is 10.1 Å². The zero-order valence-electron chi connectivity index (χ0n) is 9.65. The number of H-pyrrole nitrogens is 2. The fourth-order valence-corrected chi connectivity index (χ4v) is 1.62. The number of hydrogen-bond donors (Lipinski definition) is 3. The van der Waals surface area contributed by atoms with Gasteiger partial charge in [0.15, 0.2) is 5.65 Å². The molecule has 0 aromatic carbocycles. The van der Waals surface area contributed by atoms with Crippen LogP contribution in [0.3, 0.4) is 0 Å². The van der Waals surface area contributed by atoms with E-state index in [2.05, 4.69) is 15.0 Å². The molecule has 1 atom stereocenters. The van der Waals surface area contributed by atoms with Crippen LogP contribution in [0.15, 0.2) is 9.59 Å². The van der Waals surface area contributed by atoms with Gasteiger partial charge in [0.2, 0.25) is 0 Å². The summed E-state index contributed by atoms with van der Waals surface area (Å²) in [6.07, 6.45) is 0.649. The number of hydrogen-bond acceptors (Lipinski definition) is 4. The van der Waals surface area contributed by atoms with Crippen LogP contribution in [0.2, 0.25) is 0 Å². The fraction of sp³-hybridized carbons (Fsp3) is 0.500. The van der Waals surface area contributed by atoms with E-state index in [0.717, 1.165) is 0 Å². The first-order valence-electron chi connectivity index (χ1n) is 5.35. The van der Waals surface area contributed by atoms with Gasteiger partial charge in [-0.15, -0.1) is 0 Å². The highest BCUT2D eigenvalue weighted by molar-refractivity contribution is 5.69. The molecule has 2 rings (SSSR count). The molecule has 3 N–H and O–H groups in total. The highest BCUT2D eigenvalue weighted by atomic mass is 16.3. The Balaban J connectivity index is 2.50. The zero-order valence-corrected chi connectivity index (χ0v) is 9.65. The van der Waals surface area contributed by atoms with Crippen LogP contribution in [0.1, 0.15) is 19.2 Å². The Morgan fingerprint density at radius 2 is 2.12 bits per heavy atom. The van der Waals surface area contributed by atoms with Gasteiger partial charge in [0.05, 0.1) is 6.10 Å². The molecule has 0 radical (unpaired) electrons. The number of imidazole rings is 1. The highest BCUT2D eigenvalue weighted by Crippen LogP contribution is 2.06. The number of aliphatic hydroxyl groups excluding tert-OH is 1. The quantitative estimate of drug-likeness (QED) is 0.655. The van der Waals surface area contributed by atoms with Gasteiger partial charge in [-0.05, 0) is 13.3 Å². The van der Waals surface area contributed by atoms with E-state index in [9.17, 15) is 14.7 Å². The molecule has 0 aliphatic heterocycles. The standard InChI is InChI=1S/C10H14N4O3/c1-5(15)3-4-6-11-7-8(12-6)14(2)10(17)13-9(7)16/h5,15H,3-4H2,1-2H3,(H,11,12)(H,13,16,17). The van der Waals surface area contributed by atoms with E-state index >= 15 is 0 Å². The predicted octanol–water partition coefficient (Wildman–Crippen LogP) is -0.737. The molecule has 0 bridgehead atoms. The topological polar surface area (TPSA) is 104 Å². The largest absolute Gasteiger partial charge is 0.393 e. The smallest absolute Gasteiger partial charge is 0.329 e. The maximum absolute atomic E-state index is 11.5. The third-order valence-corrected chi connectivity index (χ3v) is 2.60. The molecule has 92 valence electrons. The van der Waals surface area contributed by atoms with Crippen LogP contribution in [0.5, 0.6) is 0 Å². The SMILES string of the molecule is CC(O)CCc1nc2c([nH]1)c(=O)[nH]c(=O)n2C. The van der Waals surface area contributed by atoms with Crippen molar-refractivity contribution in [2.75, 3.05) is 0 Å². The molecule has 7 heteroatoms. The number of aromatic nitrogens is 4. The molecule has 0 aliphatic carbocycles. The zero-order chi connectivity index (χ0) is 12.6. The molecule has 17 heavy (non-hydrogen) atoms. The van der Waals surface area contributed by atoms with Gasteiger partial charge in [-0.3, -0.25) is 14.3 Å². The molecule has 1 unspecified atom stereocenters. The third-order valence-electron chi connectivity index (χ3n) is 2.60. The second kappa shape index (κ2) is 4.17. The van der Waals surface area contributed by atoms with E-state index in [-0.39, 0.29) is 5.52 Å². The van der Waals surface area contributed by atoms with E-state index in [1.165, 1.54) is 4.57 Å². The van der Waals surface area contributed by atoms with Crippen LogP contribution in [-0.4, -0.2) is 30.7 Å². The summed E-state index contributed by atoms with van der Waals surface area (Å²) in [5.74, 6) is 0.590. The van der Waals surface area contributed by atoms with Crippen molar-refractivity contribution >= 4 is 11.2 Å². The first-order valence-corrected chi connectivity index (χ1v) is 5.35. The minimum absolute atomic E-state index is 0.285. The predicted molar refractivity (Wildman–Crippen MR) is 62.0 cm³/mol. The van der Waals surface area contributed by atoms with Crippen LogP contribution < -0.4 is 11.2 Å². The van der Waals surface area contributed by atoms with Crippen LogP contribution in [-0.2, 0) is 13.5 Å². The maximum atomic E-state index is 11.5. The lowest BCUT2D eigenvalue weighted by atomic mass is 10.2. The molecular formula is C10H14N4O3. The summed E-state index contributed by atoms with van der Waals surface area (Å²) in [7, 11) is 1.54.